The molecule has 0 aliphatic rings. The van der Waals surface area contributed by atoms with Gasteiger partial charge in [0.1, 0.15) is 0 Å². The van der Waals surface area contributed by atoms with Crippen LogP contribution in [0.15, 0.2) is 60.8 Å². The number of nitriles is 1. The molecule has 4 heteroatoms. The third-order valence-corrected chi connectivity index (χ3v) is 2.00. The second kappa shape index (κ2) is 10.8. The second-order valence-electron chi connectivity index (χ2n) is 3.45. The zero-order valence-electron chi connectivity index (χ0n) is 11.4. The molecule has 1 rings (SSSR count). The van der Waals surface area contributed by atoms with E-state index in [0.29, 0.717) is 5.56 Å². The van der Waals surface area contributed by atoms with Crippen LogP contribution in [0.4, 0.5) is 5.69 Å². The van der Waals surface area contributed by atoms with Crippen LogP contribution in [-0.4, -0.2) is 7.05 Å². The second-order valence-corrected chi connectivity index (χ2v) is 3.45. The molecule has 0 atom stereocenters. The fraction of sp³-hybridized carbons (Fsp3) is 0.133. The number of benzene rings is 1. The minimum atomic E-state index is 0.646. The molecular formula is C15H20N4. The summed E-state index contributed by atoms with van der Waals surface area (Å²) in [5.41, 5.74) is 4.77. The van der Waals surface area contributed by atoms with Crippen molar-refractivity contribution in [3.63, 3.8) is 0 Å². The molecule has 0 aromatic heterocycles. The van der Waals surface area contributed by atoms with Crippen molar-refractivity contribution in [2.75, 3.05) is 12.4 Å². The molecular weight excluding hydrogens is 236 g/mol. The number of hydrazine groups is 1. The maximum absolute atomic E-state index is 8.78. The lowest BCUT2D eigenvalue weighted by Gasteiger charge is -2.06. The van der Waals surface area contributed by atoms with Crippen LogP contribution in [-0.2, 0) is 0 Å². The maximum Gasteiger partial charge on any atom is 0.0992 e. The van der Waals surface area contributed by atoms with Crippen LogP contribution in [0.3, 0.4) is 0 Å². The fourth-order valence-corrected chi connectivity index (χ4v) is 1.21. The number of nitrogens with zero attached hydrogens (tertiary/aromatic N) is 1. The first-order valence-corrected chi connectivity index (χ1v) is 5.81. The van der Waals surface area contributed by atoms with Gasteiger partial charge >= 0.3 is 0 Å². The summed E-state index contributed by atoms with van der Waals surface area (Å²) in [4.78, 5) is 0. The van der Waals surface area contributed by atoms with E-state index in [-0.39, 0.29) is 0 Å². The van der Waals surface area contributed by atoms with Crippen molar-refractivity contribution in [1.29, 1.82) is 5.26 Å². The van der Waals surface area contributed by atoms with Gasteiger partial charge in [0, 0.05) is 11.4 Å². The monoisotopic (exact) mass is 256 g/mol. The number of rotatable bonds is 4. The van der Waals surface area contributed by atoms with Crippen LogP contribution < -0.4 is 16.6 Å². The molecule has 1 aromatic rings. The van der Waals surface area contributed by atoms with Gasteiger partial charge in [0.15, 0.2) is 0 Å². The van der Waals surface area contributed by atoms with E-state index >= 15 is 0 Å². The van der Waals surface area contributed by atoms with Crippen molar-refractivity contribution in [2.24, 2.45) is 5.84 Å². The van der Waals surface area contributed by atoms with E-state index in [1.807, 2.05) is 43.4 Å². The van der Waals surface area contributed by atoms with Crippen molar-refractivity contribution in [3.8, 4) is 6.07 Å². The van der Waals surface area contributed by atoms with Crippen LogP contribution in [0.5, 0.6) is 0 Å². The van der Waals surface area contributed by atoms with Gasteiger partial charge in [0.25, 0.3) is 0 Å². The van der Waals surface area contributed by atoms with Gasteiger partial charge in [-0.1, -0.05) is 30.9 Å². The van der Waals surface area contributed by atoms with E-state index in [1.165, 1.54) is 0 Å². The first-order chi connectivity index (χ1) is 9.21. The quantitative estimate of drug-likeness (QED) is 0.440. The maximum atomic E-state index is 8.78. The van der Waals surface area contributed by atoms with Gasteiger partial charge in [-0.15, -0.1) is 0 Å². The smallest absolute Gasteiger partial charge is 0.0992 e. The lowest BCUT2D eigenvalue weighted by molar-refractivity contribution is 0.900. The third kappa shape index (κ3) is 7.55. The molecule has 0 aliphatic carbocycles. The van der Waals surface area contributed by atoms with E-state index in [9.17, 15) is 0 Å². The lowest BCUT2D eigenvalue weighted by Crippen LogP contribution is -2.13. The summed E-state index contributed by atoms with van der Waals surface area (Å²) in [7, 11) is 1.65. The molecule has 100 valence electrons. The third-order valence-electron chi connectivity index (χ3n) is 2.00. The van der Waals surface area contributed by atoms with Crippen LogP contribution in [0.1, 0.15) is 12.5 Å². The van der Waals surface area contributed by atoms with Crippen molar-refractivity contribution < 1.29 is 0 Å². The molecule has 0 radical (unpaired) electrons. The van der Waals surface area contributed by atoms with Crippen molar-refractivity contribution >= 4 is 5.69 Å². The van der Waals surface area contributed by atoms with E-state index < -0.39 is 0 Å². The number of hydrogen-bond donors (Lipinski definition) is 3. The predicted octanol–water partition coefficient (Wildman–Crippen LogP) is 2.70. The van der Waals surface area contributed by atoms with Crippen LogP contribution in [0.2, 0.25) is 0 Å². The van der Waals surface area contributed by atoms with Gasteiger partial charge < -0.3 is 5.32 Å². The molecule has 0 aliphatic heterocycles. The van der Waals surface area contributed by atoms with E-state index in [2.05, 4.69) is 29.2 Å². The Morgan fingerprint density at radius 2 is 2.16 bits per heavy atom. The molecule has 0 bridgehead atoms. The number of anilines is 1. The zero-order valence-corrected chi connectivity index (χ0v) is 11.4. The van der Waals surface area contributed by atoms with Gasteiger partial charge in [-0.3, -0.25) is 11.3 Å². The SMILES string of the molecule is C=C/C=C\C(=C/C)Nc1cccc(C#N)c1.CNN. The van der Waals surface area contributed by atoms with Crippen molar-refractivity contribution in [2.45, 2.75) is 6.92 Å². The molecule has 0 spiro atoms. The largest absolute Gasteiger partial charge is 0.356 e. The van der Waals surface area contributed by atoms with Gasteiger partial charge in [-0.25, -0.2) is 0 Å². The average molecular weight is 256 g/mol. The van der Waals surface area contributed by atoms with Gasteiger partial charge in [-0.2, -0.15) is 5.26 Å². The summed E-state index contributed by atoms with van der Waals surface area (Å²) in [5.74, 6) is 4.60. The summed E-state index contributed by atoms with van der Waals surface area (Å²) in [6.45, 7) is 5.56. The van der Waals surface area contributed by atoms with Crippen LogP contribution in [0, 0.1) is 11.3 Å². The van der Waals surface area contributed by atoms with E-state index in [1.54, 1.807) is 19.2 Å². The lowest BCUT2D eigenvalue weighted by atomic mass is 10.2. The molecule has 0 fully saturated rings. The normalized spacial score (nSPS) is 10.3. The molecule has 1 aromatic carbocycles. The Morgan fingerprint density at radius 3 is 2.68 bits per heavy atom. The Balaban J connectivity index is 0.000000982. The van der Waals surface area contributed by atoms with Crippen LogP contribution >= 0.6 is 0 Å². The Bertz CT molecular complexity index is 481. The number of hydrogen-bond acceptors (Lipinski definition) is 4. The Morgan fingerprint density at radius 1 is 1.47 bits per heavy atom. The Kier molecular flexibility index (Phi) is 9.45. The minimum Gasteiger partial charge on any atom is -0.356 e. The van der Waals surface area contributed by atoms with Gasteiger partial charge in [0.2, 0.25) is 0 Å². The predicted molar refractivity (Wildman–Crippen MR) is 81.1 cm³/mol. The summed E-state index contributed by atoms with van der Waals surface area (Å²) < 4.78 is 0. The van der Waals surface area contributed by atoms with Crippen LogP contribution in [0.25, 0.3) is 0 Å². The molecule has 0 saturated heterocycles. The molecule has 0 saturated carbocycles. The van der Waals surface area contributed by atoms with Crippen molar-refractivity contribution in [3.05, 3.63) is 66.4 Å². The summed E-state index contributed by atoms with van der Waals surface area (Å²) >= 11 is 0. The van der Waals surface area contributed by atoms with Gasteiger partial charge in [-0.05, 0) is 38.2 Å². The fourth-order valence-electron chi connectivity index (χ4n) is 1.21. The molecule has 4 N–H and O–H groups in total. The molecule has 0 unspecified atom stereocenters. The molecule has 0 amide bonds. The van der Waals surface area contributed by atoms with E-state index in [4.69, 9.17) is 5.26 Å². The highest BCUT2D eigenvalue weighted by Crippen LogP contribution is 2.12. The highest BCUT2D eigenvalue weighted by molar-refractivity contribution is 5.54. The average Bonchev–Trinajstić information content (AvgIpc) is 2.44. The van der Waals surface area contributed by atoms with Gasteiger partial charge in [0.05, 0.1) is 11.6 Å². The minimum absolute atomic E-state index is 0.646. The number of nitrogens with one attached hydrogen (secondary N) is 2. The number of allylic oxidation sites excluding steroid dienone is 4. The first-order valence-electron chi connectivity index (χ1n) is 5.81. The summed E-state index contributed by atoms with van der Waals surface area (Å²) in [6, 6.07) is 9.47. The van der Waals surface area contributed by atoms with Crippen molar-refractivity contribution in [1.82, 2.24) is 5.43 Å². The molecule has 4 nitrogen and oxygen atoms in total. The topological polar surface area (TPSA) is 73.9 Å². The molecule has 0 heterocycles. The summed E-state index contributed by atoms with van der Waals surface area (Å²) in [6.07, 6.45) is 7.46. The Hall–Kier alpha value is -2.35. The highest BCUT2D eigenvalue weighted by atomic mass is 15.2. The van der Waals surface area contributed by atoms with E-state index in [0.717, 1.165) is 11.4 Å². The number of nitrogens with two attached hydrogens (primary N) is 1. The standard InChI is InChI=1S/C14H14N2.CH6N2/c1-3-5-8-13(4-2)16-14-9-6-7-12(10-14)11-15;1-3-2/h3-10,16H,1H2,2H3;3H,2H2,1H3/b8-5-,13-4+;. The Labute approximate surface area is 114 Å². The molecule has 19 heavy (non-hydrogen) atoms. The summed E-state index contributed by atoms with van der Waals surface area (Å²) in [5, 5.41) is 12.0. The zero-order chi connectivity index (χ0) is 14.5. The first kappa shape index (κ1) is 16.7. The highest BCUT2D eigenvalue weighted by Gasteiger charge is 1.95.